The van der Waals surface area contributed by atoms with Crippen LogP contribution in [0.3, 0.4) is 0 Å². The molecule has 1 aromatic carbocycles. The molecule has 2 saturated heterocycles. The number of ether oxygens (including phenoxy) is 2. The molecule has 0 saturated carbocycles. The minimum Gasteiger partial charge on any atom is -0.491 e. The number of likely N-dealkylation sites (tertiary alicyclic amines) is 1. The van der Waals surface area contributed by atoms with Crippen molar-refractivity contribution in [2.75, 3.05) is 26.8 Å². The van der Waals surface area contributed by atoms with Crippen LogP contribution in [0.1, 0.15) is 73.7 Å². The van der Waals surface area contributed by atoms with Gasteiger partial charge in [0.15, 0.2) is 4.80 Å². The van der Waals surface area contributed by atoms with E-state index in [2.05, 4.69) is 30.7 Å². The lowest BCUT2D eigenvalue weighted by molar-refractivity contribution is -0.137. The first-order chi connectivity index (χ1) is 17.4. The van der Waals surface area contributed by atoms with Gasteiger partial charge in [-0.3, -0.25) is 4.79 Å². The smallest absolute Gasteiger partial charge is 0.416 e. The van der Waals surface area contributed by atoms with Crippen molar-refractivity contribution < 1.29 is 27.4 Å². The minimum absolute atomic E-state index is 0.0244. The van der Waals surface area contributed by atoms with Crippen molar-refractivity contribution in [3.8, 4) is 5.75 Å². The van der Waals surface area contributed by atoms with E-state index in [9.17, 15) is 18.0 Å². The summed E-state index contributed by atoms with van der Waals surface area (Å²) < 4.78 is 54.2. The summed E-state index contributed by atoms with van der Waals surface area (Å²) in [6.07, 6.45) is 2.44. The molecule has 0 spiro atoms. The number of benzene rings is 1. The Morgan fingerprint density at radius 3 is 2.62 bits per heavy atom. The molecule has 2 aliphatic rings. The van der Waals surface area contributed by atoms with Crippen LogP contribution in [-0.2, 0) is 22.9 Å². The van der Waals surface area contributed by atoms with Gasteiger partial charge in [-0.1, -0.05) is 27.2 Å². The van der Waals surface area contributed by atoms with Crippen LogP contribution in [0.25, 0.3) is 0 Å². The summed E-state index contributed by atoms with van der Waals surface area (Å²) in [7, 11) is 2.01. The lowest BCUT2D eigenvalue weighted by Gasteiger charge is -2.32. The van der Waals surface area contributed by atoms with Gasteiger partial charge in [-0.25, -0.2) is 0 Å². The van der Waals surface area contributed by atoms with Crippen LogP contribution in [0.4, 0.5) is 13.2 Å². The van der Waals surface area contributed by atoms with Gasteiger partial charge in [0.2, 0.25) is 0 Å². The molecular weight excluding hydrogens is 503 g/mol. The fourth-order valence-corrected chi connectivity index (χ4v) is 5.70. The molecule has 6 nitrogen and oxygen atoms in total. The summed E-state index contributed by atoms with van der Waals surface area (Å²) in [4.78, 5) is 21.4. The topological polar surface area (TPSA) is 56.1 Å². The SMILES string of the molecule is CN1CCCC[C@@H]1COc1ccc(C(F)(F)F)cc1C(=O)/N=c1\sc(C(C)(C)C)cn1C[C@H]1CCCO1. The Hall–Kier alpha value is -2.17. The van der Waals surface area contributed by atoms with Crippen molar-refractivity contribution in [1.29, 1.82) is 0 Å². The fraction of sp³-hybridized carbons (Fsp3) is 0.630. The van der Waals surface area contributed by atoms with E-state index in [1.165, 1.54) is 17.4 Å². The van der Waals surface area contributed by atoms with E-state index in [1.807, 2.05) is 17.8 Å². The summed E-state index contributed by atoms with van der Waals surface area (Å²) >= 11 is 1.37. The Kier molecular flexibility index (Phi) is 8.50. The number of piperidine rings is 1. The molecule has 10 heteroatoms. The first kappa shape index (κ1) is 27.9. The Morgan fingerprint density at radius 1 is 1.19 bits per heavy atom. The van der Waals surface area contributed by atoms with Crippen LogP contribution in [0.15, 0.2) is 29.4 Å². The number of hydrogen-bond donors (Lipinski definition) is 0. The molecule has 2 atom stereocenters. The molecule has 0 bridgehead atoms. The highest BCUT2D eigenvalue weighted by molar-refractivity contribution is 7.09. The number of hydrogen-bond acceptors (Lipinski definition) is 5. The van der Waals surface area contributed by atoms with Crippen LogP contribution in [-0.4, -0.2) is 54.3 Å². The lowest BCUT2D eigenvalue weighted by atomic mass is 9.95. The molecule has 0 aliphatic carbocycles. The number of likely N-dealkylation sites (N-methyl/N-ethyl adjacent to an activating group) is 1. The first-order valence-electron chi connectivity index (χ1n) is 12.9. The van der Waals surface area contributed by atoms with Crippen molar-refractivity contribution in [1.82, 2.24) is 9.47 Å². The van der Waals surface area contributed by atoms with Crippen LogP contribution >= 0.6 is 11.3 Å². The van der Waals surface area contributed by atoms with Gasteiger partial charge in [0, 0.05) is 23.7 Å². The van der Waals surface area contributed by atoms with Gasteiger partial charge < -0.3 is 18.9 Å². The average molecular weight is 540 g/mol. The molecule has 2 fully saturated rings. The Balaban J connectivity index is 1.68. The summed E-state index contributed by atoms with van der Waals surface area (Å²) in [6.45, 7) is 8.70. The number of halogens is 3. The summed E-state index contributed by atoms with van der Waals surface area (Å²) in [5, 5.41) is 0. The van der Waals surface area contributed by atoms with Crippen molar-refractivity contribution >= 4 is 17.2 Å². The van der Waals surface area contributed by atoms with E-state index >= 15 is 0 Å². The number of alkyl halides is 3. The van der Waals surface area contributed by atoms with Crippen molar-refractivity contribution in [2.45, 2.75) is 83.2 Å². The van der Waals surface area contributed by atoms with E-state index in [0.717, 1.165) is 55.7 Å². The molecule has 0 unspecified atom stereocenters. The zero-order chi connectivity index (χ0) is 26.8. The highest BCUT2D eigenvalue weighted by Crippen LogP contribution is 2.33. The standard InChI is InChI=1S/C27H36F3N3O3S/c1-26(2,3)23-16-33(15-20-9-7-13-35-20)25(37-23)31-24(34)21-14-18(27(28,29)30)10-11-22(21)36-17-19-8-5-6-12-32(19)4/h10-11,14,16,19-20H,5-9,12-13,15,17H2,1-4H3/b31-25-/t19-,20-/m1/s1. The lowest BCUT2D eigenvalue weighted by Crippen LogP contribution is -2.40. The normalized spacial score (nSPS) is 22.0. The number of amides is 1. The molecule has 2 aromatic rings. The summed E-state index contributed by atoms with van der Waals surface area (Å²) in [5.74, 6) is -0.625. The maximum absolute atomic E-state index is 13.5. The number of carbonyl (C=O) groups is 1. The Morgan fingerprint density at radius 2 is 1.97 bits per heavy atom. The second kappa shape index (κ2) is 11.3. The molecular formula is C27H36F3N3O3S. The fourth-order valence-electron chi connectivity index (χ4n) is 4.64. The number of aromatic nitrogens is 1. The third-order valence-corrected chi connectivity index (χ3v) is 8.42. The Labute approximate surface area is 220 Å². The highest BCUT2D eigenvalue weighted by Gasteiger charge is 2.32. The zero-order valence-corrected chi connectivity index (χ0v) is 22.8. The molecule has 2 aliphatic heterocycles. The van der Waals surface area contributed by atoms with Crippen LogP contribution in [0.5, 0.6) is 5.75 Å². The first-order valence-corrected chi connectivity index (χ1v) is 13.7. The van der Waals surface area contributed by atoms with E-state index in [-0.39, 0.29) is 28.9 Å². The van der Waals surface area contributed by atoms with Crippen LogP contribution in [0, 0.1) is 0 Å². The van der Waals surface area contributed by atoms with Gasteiger partial charge in [-0.2, -0.15) is 18.2 Å². The van der Waals surface area contributed by atoms with E-state index in [0.29, 0.717) is 24.6 Å². The van der Waals surface area contributed by atoms with Crippen molar-refractivity contribution in [3.05, 3.63) is 45.2 Å². The molecule has 37 heavy (non-hydrogen) atoms. The van der Waals surface area contributed by atoms with E-state index < -0.39 is 17.6 Å². The van der Waals surface area contributed by atoms with Gasteiger partial charge in [-0.05, 0) is 62.9 Å². The predicted molar refractivity (Wildman–Crippen MR) is 137 cm³/mol. The van der Waals surface area contributed by atoms with Crippen molar-refractivity contribution in [3.63, 3.8) is 0 Å². The van der Waals surface area contributed by atoms with E-state index in [1.54, 1.807) is 0 Å². The molecule has 4 rings (SSSR count). The van der Waals surface area contributed by atoms with Crippen LogP contribution < -0.4 is 9.54 Å². The maximum Gasteiger partial charge on any atom is 0.416 e. The van der Waals surface area contributed by atoms with Crippen LogP contribution in [0.2, 0.25) is 0 Å². The monoisotopic (exact) mass is 539 g/mol. The third kappa shape index (κ3) is 7.03. The summed E-state index contributed by atoms with van der Waals surface area (Å²) in [6, 6.07) is 3.20. The molecule has 0 radical (unpaired) electrons. The van der Waals surface area contributed by atoms with Gasteiger partial charge in [-0.15, -0.1) is 11.3 Å². The quantitative estimate of drug-likeness (QED) is 0.476. The maximum atomic E-state index is 13.5. The minimum atomic E-state index is -4.58. The highest BCUT2D eigenvalue weighted by atomic mass is 32.1. The molecule has 1 aromatic heterocycles. The van der Waals surface area contributed by atoms with E-state index in [4.69, 9.17) is 9.47 Å². The molecule has 204 valence electrons. The number of nitrogens with zero attached hydrogens (tertiary/aromatic N) is 3. The van der Waals surface area contributed by atoms with Gasteiger partial charge in [0.1, 0.15) is 12.4 Å². The molecule has 1 amide bonds. The number of carbonyl (C=O) groups excluding carboxylic acids is 1. The van der Waals surface area contributed by atoms with Gasteiger partial charge in [0.25, 0.3) is 5.91 Å². The number of rotatable bonds is 6. The van der Waals surface area contributed by atoms with Gasteiger partial charge in [0.05, 0.1) is 23.8 Å². The number of thiazole rings is 1. The Bertz CT molecular complexity index is 1160. The molecule has 3 heterocycles. The average Bonchev–Trinajstić information content (AvgIpc) is 3.48. The predicted octanol–water partition coefficient (Wildman–Crippen LogP) is 5.65. The zero-order valence-electron chi connectivity index (χ0n) is 21.9. The summed E-state index contributed by atoms with van der Waals surface area (Å²) in [5.41, 5.74) is -1.25. The second-order valence-electron chi connectivity index (χ2n) is 11.0. The third-order valence-electron chi connectivity index (χ3n) is 6.97. The molecule has 0 N–H and O–H groups in total. The van der Waals surface area contributed by atoms with Gasteiger partial charge >= 0.3 is 6.18 Å². The van der Waals surface area contributed by atoms with Crippen molar-refractivity contribution in [2.24, 2.45) is 4.99 Å². The largest absolute Gasteiger partial charge is 0.491 e. The second-order valence-corrected chi connectivity index (χ2v) is 12.0.